The van der Waals surface area contributed by atoms with Crippen LogP contribution in [0.15, 0.2) is 24.5 Å². The molecule has 2 unspecified atom stereocenters. The van der Waals surface area contributed by atoms with E-state index < -0.39 is 0 Å². The van der Waals surface area contributed by atoms with E-state index in [2.05, 4.69) is 41.3 Å². The van der Waals surface area contributed by atoms with Crippen molar-refractivity contribution in [3.8, 4) is 0 Å². The summed E-state index contributed by atoms with van der Waals surface area (Å²) in [5, 5.41) is 13.1. The topological polar surface area (TPSA) is 48.4 Å². The quantitative estimate of drug-likeness (QED) is 0.792. The minimum atomic E-state index is -0.0512. The van der Waals surface area contributed by atoms with Crippen LogP contribution in [0.5, 0.6) is 0 Å². The normalized spacial score (nSPS) is 26.3. The number of nitrogens with zero attached hydrogens (tertiary/aromatic N) is 2. The summed E-state index contributed by atoms with van der Waals surface area (Å²) in [6.45, 7) is 4.34. The number of aromatic nitrogens is 1. The fourth-order valence-electron chi connectivity index (χ4n) is 3.25. The average molecular weight is 277 g/mol. The van der Waals surface area contributed by atoms with E-state index in [-0.39, 0.29) is 12.1 Å². The van der Waals surface area contributed by atoms with Crippen molar-refractivity contribution in [2.24, 2.45) is 0 Å². The maximum Gasteiger partial charge on any atom is 0.0613 e. The Morgan fingerprint density at radius 2 is 2.20 bits per heavy atom. The maximum absolute atomic E-state index is 9.67. The van der Waals surface area contributed by atoms with Crippen LogP contribution in [0.25, 0.3) is 0 Å². The molecular formula is C16H27N3O. The Kier molecular flexibility index (Phi) is 5.52. The fraction of sp³-hybridized carbons (Fsp3) is 0.688. The van der Waals surface area contributed by atoms with E-state index in [1.807, 2.05) is 12.4 Å². The highest BCUT2D eigenvalue weighted by atomic mass is 16.3. The Morgan fingerprint density at radius 1 is 1.45 bits per heavy atom. The number of nitrogens with one attached hydrogen (secondary N) is 1. The highest BCUT2D eigenvalue weighted by molar-refractivity contribution is 5.10. The third-order valence-electron chi connectivity index (χ3n) is 4.56. The van der Waals surface area contributed by atoms with Crippen molar-refractivity contribution < 1.29 is 5.11 Å². The lowest BCUT2D eigenvalue weighted by atomic mass is 9.98. The molecular weight excluding hydrogens is 250 g/mol. The number of pyridine rings is 1. The van der Waals surface area contributed by atoms with E-state index in [1.165, 1.54) is 12.0 Å². The molecule has 1 aromatic heterocycles. The zero-order valence-corrected chi connectivity index (χ0v) is 12.7. The number of aliphatic hydroxyl groups is 1. The van der Waals surface area contributed by atoms with Crippen LogP contribution in [0.2, 0.25) is 0 Å². The van der Waals surface area contributed by atoms with E-state index in [0.717, 1.165) is 32.4 Å². The Balaban J connectivity index is 1.83. The van der Waals surface area contributed by atoms with E-state index in [1.54, 1.807) is 0 Å². The number of hydrogen-bond donors (Lipinski definition) is 2. The molecule has 0 bridgehead atoms. The summed E-state index contributed by atoms with van der Waals surface area (Å²) in [6, 6.07) is 4.74. The minimum Gasteiger partial charge on any atom is -0.394 e. The lowest BCUT2D eigenvalue weighted by molar-refractivity contribution is 0.152. The van der Waals surface area contributed by atoms with Crippen molar-refractivity contribution in [1.29, 1.82) is 0 Å². The third-order valence-corrected chi connectivity index (χ3v) is 4.56. The Bertz CT molecular complexity index is 398. The molecule has 0 amide bonds. The number of hydrogen-bond acceptors (Lipinski definition) is 4. The van der Waals surface area contributed by atoms with Gasteiger partial charge in [-0.05, 0) is 57.0 Å². The van der Waals surface area contributed by atoms with Gasteiger partial charge in [0, 0.05) is 30.5 Å². The molecule has 2 rings (SSSR count). The van der Waals surface area contributed by atoms with Gasteiger partial charge >= 0.3 is 0 Å². The highest BCUT2D eigenvalue weighted by Gasteiger charge is 2.39. The zero-order chi connectivity index (χ0) is 14.4. The summed E-state index contributed by atoms with van der Waals surface area (Å²) in [5.41, 5.74) is 1.29. The van der Waals surface area contributed by atoms with Crippen LogP contribution in [-0.4, -0.2) is 53.3 Å². The van der Waals surface area contributed by atoms with Crippen molar-refractivity contribution in [1.82, 2.24) is 15.2 Å². The predicted octanol–water partition coefficient (Wildman–Crippen LogP) is 1.45. The molecule has 4 nitrogen and oxygen atoms in total. The van der Waals surface area contributed by atoms with Crippen molar-refractivity contribution in [2.75, 3.05) is 26.7 Å². The summed E-state index contributed by atoms with van der Waals surface area (Å²) in [6.07, 6.45) is 8.05. The van der Waals surface area contributed by atoms with Gasteiger partial charge in [0.15, 0.2) is 0 Å². The van der Waals surface area contributed by atoms with Gasteiger partial charge in [0.1, 0.15) is 0 Å². The molecule has 1 aromatic rings. The molecule has 1 aliphatic carbocycles. The van der Waals surface area contributed by atoms with E-state index in [4.69, 9.17) is 0 Å². The van der Waals surface area contributed by atoms with Crippen LogP contribution < -0.4 is 5.32 Å². The molecule has 0 spiro atoms. The van der Waals surface area contributed by atoms with Crippen LogP contribution in [0.4, 0.5) is 0 Å². The highest BCUT2D eigenvalue weighted by Crippen LogP contribution is 2.32. The van der Waals surface area contributed by atoms with E-state index in [0.29, 0.717) is 6.04 Å². The molecule has 112 valence electrons. The zero-order valence-electron chi connectivity index (χ0n) is 12.7. The second-order valence-corrected chi connectivity index (χ2v) is 5.95. The second kappa shape index (κ2) is 7.16. The molecule has 0 saturated heterocycles. The Morgan fingerprint density at radius 3 is 2.85 bits per heavy atom. The van der Waals surface area contributed by atoms with Crippen molar-refractivity contribution in [3.05, 3.63) is 30.1 Å². The fourth-order valence-corrected chi connectivity index (χ4v) is 3.25. The largest absolute Gasteiger partial charge is 0.394 e. The van der Waals surface area contributed by atoms with Gasteiger partial charge in [0.2, 0.25) is 0 Å². The van der Waals surface area contributed by atoms with Crippen molar-refractivity contribution >= 4 is 0 Å². The number of likely N-dealkylation sites (N-methyl/N-ethyl adjacent to an activating group) is 2. The minimum absolute atomic E-state index is 0.0512. The molecule has 0 aliphatic heterocycles. The molecule has 2 N–H and O–H groups in total. The Labute approximate surface area is 122 Å². The van der Waals surface area contributed by atoms with Gasteiger partial charge in [-0.1, -0.05) is 6.92 Å². The molecule has 1 fully saturated rings. The van der Waals surface area contributed by atoms with Crippen LogP contribution >= 0.6 is 0 Å². The molecule has 20 heavy (non-hydrogen) atoms. The summed E-state index contributed by atoms with van der Waals surface area (Å²) in [7, 11) is 2.20. The van der Waals surface area contributed by atoms with Crippen LogP contribution in [-0.2, 0) is 6.42 Å². The first-order valence-electron chi connectivity index (χ1n) is 7.64. The van der Waals surface area contributed by atoms with Gasteiger partial charge in [0.05, 0.1) is 6.61 Å². The summed E-state index contributed by atoms with van der Waals surface area (Å²) < 4.78 is 0. The third kappa shape index (κ3) is 3.78. The molecule has 0 radical (unpaired) electrons. The first-order valence-corrected chi connectivity index (χ1v) is 7.64. The lowest BCUT2D eigenvalue weighted by Crippen LogP contribution is -2.47. The molecule has 0 aromatic carbocycles. The number of aliphatic hydroxyl groups excluding tert-OH is 1. The molecule has 1 aliphatic rings. The first kappa shape index (κ1) is 15.4. The van der Waals surface area contributed by atoms with Crippen LogP contribution in [0.1, 0.15) is 31.7 Å². The van der Waals surface area contributed by atoms with Crippen molar-refractivity contribution in [3.63, 3.8) is 0 Å². The molecule has 4 heteroatoms. The molecule has 2 atom stereocenters. The average Bonchev–Trinajstić information content (AvgIpc) is 2.91. The lowest BCUT2D eigenvalue weighted by Gasteiger charge is -2.30. The van der Waals surface area contributed by atoms with E-state index in [9.17, 15) is 5.11 Å². The predicted molar refractivity (Wildman–Crippen MR) is 81.7 cm³/mol. The second-order valence-electron chi connectivity index (χ2n) is 5.95. The van der Waals surface area contributed by atoms with Crippen LogP contribution in [0.3, 0.4) is 0 Å². The molecule has 1 heterocycles. The molecule has 1 saturated carbocycles. The summed E-state index contributed by atoms with van der Waals surface area (Å²) >= 11 is 0. The smallest absolute Gasteiger partial charge is 0.0613 e. The Hall–Kier alpha value is -0.970. The SMILES string of the molecule is CCNC1(CO)CCC(N(C)CCc2ccncc2)C1. The van der Waals surface area contributed by atoms with Gasteiger partial charge in [-0.25, -0.2) is 0 Å². The van der Waals surface area contributed by atoms with Gasteiger partial charge in [-0.3, -0.25) is 4.98 Å². The van der Waals surface area contributed by atoms with Gasteiger partial charge < -0.3 is 15.3 Å². The van der Waals surface area contributed by atoms with Crippen molar-refractivity contribution in [2.45, 2.75) is 44.2 Å². The van der Waals surface area contributed by atoms with E-state index >= 15 is 0 Å². The maximum atomic E-state index is 9.67. The van der Waals surface area contributed by atoms with Crippen LogP contribution in [0, 0.1) is 0 Å². The standard InChI is InChI=1S/C16H27N3O/c1-3-18-16(13-20)8-4-15(12-16)19(2)11-7-14-5-9-17-10-6-14/h5-6,9-10,15,18,20H,3-4,7-8,11-13H2,1-2H3. The number of rotatable bonds is 7. The van der Waals surface area contributed by atoms with Gasteiger partial charge in [-0.15, -0.1) is 0 Å². The summed E-state index contributed by atoms with van der Waals surface area (Å²) in [5.74, 6) is 0. The van der Waals surface area contributed by atoms with Gasteiger partial charge in [0.25, 0.3) is 0 Å². The first-order chi connectivity index (χ1) is 9.69. The monoisotopic (exact) mass is 277 g/mol. The summed E-state index contributed by atoms with van der Waals surface area (Å²) in [4.78, 5) is 6.49. The van der Waals surface area contributed by atoms with Gasteiger partial charge in [-0.2, -0.15) is 0 Å².